The molecule has 1 aliphatic rings. The van der Waals surface area contributed by atoms with E-state index < -0.39 is 41.5 Å². The minimum Gasteiger partial charge on any atom is -0.459 e. The van der Waals surface area contributed by atoms with Crippen LogP contribution in [0.1, 0.15) is 44.7 Å². The van der Waals surface area contributed by atoms with Gasteiger partial charge in [0.1, 0.15) is 30.1 Å². The first-order chi connectivity index (χ1) is 16.1. The molecule has 1 heterocycles. The average molecular weight is 471 g/mol. The Labute approximate surface area is 199 Å². The van der Waals surface area contributed by atoms with Crippen molar-refractivity contribution in [3.63, 3.8) is 0 Å². The maximum Gasteiger partial charge on any atom is 0.408 e. The van der Waals surface area contributed by atoms with Crippen LogP contribution in [0, 0.1) is 5.82 Å². The van der Waals surface area contributed by atoms with Crippen LogP contribution in [0.4, 0.5) is 9.18 Å². The number of benzene rings is 2. The summed E-state index contributed by atoms with van der Waals surface area (Å²) in [5.41, 5.74) is 0.774. The third-order valence-electron chi connectivity index (χ3n) is 5.37. The Morgan fingerprint density at radius 1 is 1.06 bits per heavy atom. The summed E-state index contributed by atoms with van der Waals surface area (Å²) in [5.74, 6) is -1.28. The summed E-state index contributed by atoms with van der Waals surface area (Å²) < 4.78 is 24.1. The molecule has 3 rings (SSSR count). The van der Waals surface area contributed by atoms with Crippen molar-refractivity contribution in [1.82, 2.24) is 10.2 Å². The van der Waals surface area contributed by atoms with E-state index in [-0.39, 0.29) is 13.0 Å². The molecule has 1 aliphatic heterocycles. The van der Waals surface area contributed by atoms with Gasteiger partial charge in [0, 0.05) is 13.0 Å². The summed E-state index contributed by atoms with van der Waals surface area (Å²) in [6.45, 7) is 5.67. The summed E-state index contributed by atoms with van der Waals surface area (Å²) >= 11 is 0. The second-order valence-electron chi connectivity index (χ2n) is 9.31. The van der Waals surface area contributed by atoms with Crippen LogP contribution in [-0.4, -0.2) is 47.1 Å². The zero-order valence-corrected chi connectivity index (χ0v) is 19.8. The number of hydrogen-bond acceptors (Lipinski definition) is 5. The molecular formula is C26H31FN2O5. The van der Waals surface area contributed by atoms with Gasteiger partial charge in [-0.1, -0.05) is 42.5 Å². The van der Waals surface area contributed by atoms with Crippen LogP contribution in [-0.2, 0) is 32.1 Å². The van der Waals surface area contributed by atoms with Crippen molar-refractivity contribution < 1.29 is 28.2 Å². The molecule has 0 aliphatic carbocycles. The fraction of sp³-hybridized carbons (Fsp3) is 0.423. The lowest BCUT2D eigenvalue weighted by Gasteiger charge is -2.29. The smallest absolute Gasteiger partial charge is 0.408 e. The van der Waals surface area contributed by atoms with Gasteiger partial charge in [0.15, 0.2) is 0 Å². The van der Waals surface area contributed by atoms with Crippen LogP contribution in [0.5, 0.6) is 0 Å². The molecule has 2 atom stereocenters. The van der Waals surface area contributed by atoms with Crippen LogP contribution in [0.2, 0.25) is 0 Å². The van der Waals surface area contributed by atoms with Crippen LogP contribution < -0.4 is 5.32 Å². The Morgan fingerprint density at radius 2 is 1.74 bits per heavy atom. The molecule has 1 saturated heterocycles. The van der Waals surface area contributed by atoms with Gasteiger partial charge in [0.25, 0.3) is 0 Å². The molecule has 8 heteroatoms. The Kier molecular flexibility index (Phi) is 8.26. The quantitative estimate of drug-likeness (QED) is 0.619. The van der Waals surface area contributed by atoms with Crippen molar-refractivity contribution in [1.29, 1.82) is 0 Å². The number of ether oxygens (including phenoxy) is 2. The molecular weight excluding hydrogens is 439 g/mol. The lowest BCUT2D eigenvalue weighted by atomic mass is 10.0. The number of alkyl carbamates (subject to hydrolysis) is 1. The van der Waals surface area contributed by atoms with Crippen molar-refractivity contribution in [2.45, 2.75) is 64.3 Å². The minimum atomic E-state index is -0.983. The highest BCUT2D eigenvalue weighted by Gasteiger charge is 2.39. The molecule has 182 valence electrons. The Hall–Kier alpha value is -3.42. The van der Waals surface area contributed by atoms with Crippen molar-refractivity contribution in [3.8, 4) is 0 Å². The lowest BCUT2D eigenvalue weighted by Crippen LogP contribution is -2.53. The maximum atomic E-state index is 13.5. The van der Waals surface area contributed by atoms with Gasteiger partial charge >= 0.3 is 12.1 Å². The highest BCUT2D eigenvalue weighted by Crippen LogP contribution is 2.22. The Bertz CT molecular complexity index is 989. The topological polar surface area (TPSA) is 84.9 Å². The predicted octanol–water partition coefficient (Wildman–Crippen LogP) is 4.00. The van der Waals surface area contributed by atoms with Crippen LogP contribution in [0.25, 0.3) is 0 Å². The van der Waals surface area contributed by atoms with Gasteiger partial charge in [-0.25, -0.2) is 14.0 Å². The number of carbonyl (C=O) groups excluding carboxylic acids is 3. The molecule has 1 N–H and O–H groups in total. The van der Waals surface area contributed by atoms with Crippen molar-refractivity contribution in [2.75, 3.05) is 6.54 Å². The van der Waals surface area contributed by atoms with Crippen LogP contribution in [0.15, 0.2) is 54.6 Å². The van der Waals surface area contributed by atoms with E-state index in [0.717, 1.165) is 5.56 Å². The molecule has 34 heavy (non-hydrogen) atoms. The fourth-order valence-electron chi connectivity index (χ4n) is 3.81. The minimum absolute atomic E-state index is 0.118. The average Bonchev–Trinajstić information content (AvgIpc) is 3.27. The summed E-state index contributed by atoms with van der Waals surface area (Å²) in [6, 6.07) is 13.3. The van der Waals surface area contributed by atoms with E-state index in [2.05, 4.69) is 5.32 Å². The lowest BCUT2D eigenvalue weighted by molar-refractivity contribution is -0.155. The van der Waals surface area contributed by atoms with Gasteiger partial charge < -0.3 is 19.7 Å². The van der Waals surface area contributed by atoms with Gasteiger partial charge in [0.05, 0.1) is 0 Å². The number of esters is 1. The highest BCUT2D eigenvalue weighted by atomic mass is 19.1. The third kappa shape index (κ3) is 7.30. The monoisotopic (exact) mass is 470 g/mol. The van der Waals surface area contributed by atoms with E-state index in [9.17, 15) is 18.8 Å². The standard InChI is InChI=1S/C26H31FN2O5/c1-26(2,3)34-25(32)28-21(16-18-11-13-20(27)14-12-18)23(30)29-15-7-10-22(29)24(31)33-17-19-8-5-4-6-9-19/h4-6,8-9,11-14,21-22H,7,10,15-17H2,1-3H3,(H,28,32)/t21-,22+/m0/s1. The van der Waals surface area contributed by atoms with Crippen molar-refractivity contribution >= 4 is 18.0 Å². The third-order valence-corrected chi connectivity index (χ3v) is 5.37. The number of amides is 2. The number of carbonyl (C=O) groups is 3. The molecule has 0 saturated carbocycles. The second-order valence-corrected chi connectivity index (χ2v) is 9.31. The van der Waals surface area contributed by atoms with E-state index in [1.807, 2.05) is 30.3 Å². The molecule has 1 fully saturated rings. The first kappa shape index (κ1) is 25.2. The van der Waals surface area contributed by atoms with E-state index in [4.69, 9.17) is 9.47 Å². The molecule has 0 spiro atoms. The predicted molar refractivity (Wildman–Crippen MR) is 124 cm³/mol. The molecule has 2 aromatic carbocycles. The normalized spacial score (nSPS) is 16.6. The fourth-order valence-corrected chi connectivity index (χ4v) is 3.81. The maximum absolute atomic E-state index is 13.5. The molecule has 2 aromatic rings. The number of likely N-dealkylation sites (tertiary alicyclic amines) is 1. The number of nitrogens with one attached hydrogen (secondary N) is 1. The van der Waals surface area contributed by atoms with E-state index >= 15 is 0 Å². The summed E-state index contributed by atoms with van der Waals surface area (Å²) in [6.07, 6.45) is 0.512. The van der Waals surface area contributed by atoms with Gasteiger partial charge in [0.2, 0.25) is 5.91 Å². The highest BCUT2D eigenvalue weighted by molar-refractivity contribution is 5.90. The molecule has 0 radical (unpaired) electrons. The Morgan fingerprint density at radius 3 is 2.38 bits per heavy atom. The zero-order chi connectivity index (χ0) is 24.7. The molecule has 0 aromatic heterocycles. The van der Waals surface area contributed by atoms with E-state index in [1.165, 1.54) is 17.0 Å². The zero-order valence-electron chi connectivity index (χ0n) is 19.8. The number of hydrogen-bond donors (Lipinski definition) is 1. The van der Waals surface area contributed by atoms with Gasteiger partial charge in [-0.3, -0.25) is 4.79 Å². The second kappa shape index (κ2) is 11.1. The van der Waals surface area contributed by atoms with Gasteiger partial charge in [-0.2, -0.15) is 0 Å². The molecule has 7 nitrogen and oxygen atoms in total. The number of halogens is 1. The number of nitrogens with zero attached hydrogens (tertiary/aromatic N) is 1. The number of rotatable bonds is 7. The Balaban J connectivity index is 1.72. The van der Waals surface area contributed by atoms with Gasteiger partial charge in [-0.15, -0.1) is 0 Å². The van der Waals surface area contributed by atoms with E-state index in [0.29, 0.717) is 24.9 Å². The summed E-state index contributed by atoms with van der Waals surface area (Å²) in [7, 11) is 0. The van der Waals surface area contributed by atoms with Crippen LogP contribution in [0.3, 0.4) is 0 Å². The summed E-state index contributed by atoms with van der Waals surface area (Å²) in [5, 5.41) is 2.63. The molecule has 0 bridgehead atoms. The first-order valence-electron chi connectivity index (χ1n) is 11.4. The van der Waals surface area contributed by atoms with Gasteiger partial charge in [-0.05, 0) is 56.9 Å². The summed E-state index contributed by atoms with van der Waals surface area (Å²) in [4.78, 5) is 40.2. The molecule has 2 amide bonds. The van der Waals surface area contributed by atoms with E-state index in [1.54, 1.807) is 32.9 Å². The SMILES string of the molecule is CC(C)(C)OC(=O)N[C@@H](Cc1ccc(F)cc1)C(=O)N1CCC[C@@H]1C(=O)OCc1ccccc1. The molecule has 0 unspecified atom stereocenters. The largest absolute Gasteiger partial charge is 0.459 e. The van der Waals surface area contributed by atoms with Crippen LogP contribution >= 0.6 is 0 Å². The first-order valence-corrected chi connectivity index (χ1v) is 11.4. The van der Waals surface area contributed by atoms with Crippen molar-refractivity contribution in [3.05, 3.63) is 71.5 Å². The van der Waals surface area contributed by atoms with Crippen molar-refractivity contribution in [2.24, 2.45) is 0 Å².